The third kappa shape index (κ3) is 11.4. The first-order valence-corrected chi connectivity index (χ1v) is 6.03. The zero-order valence-corrected chi connectivity index (χ0v) is 10.9. The highest BCUT2D eigenvalue weighted by molar-refractivity contribution is 5.02. The summed E-state index contributed by atoms with van der Waals surface area (Å²) in [5.41, 5.74) is 2.77. The second kappa shape index (κ2) is 8.72. The molecule has 0 aliphatic heterocycles. The van der Waals surface area contributed by atoms with Crippen LogP contribution in [0.1, 0.15) is 47.0 Å². The maximum atomic E-state index is 3.92. The van der Waals surface area contributed by atoms with Crippen LogP contribution in [-0.4, -0.2) is 13.1 Å². The predicted molar refractivity (Wildman–Crippen MR) is 70.1 cm³/mol. The van der Waals surface area contributed by atoms with Crippen LogP contribution in [0.15, 0.2) is 23.8 Å². The summed E-state index contributed by atoms with van der Waals surface area (Å²) in [6, 6.07) is 0. The molecule has 0 heterocycles. The molecule has 0 spiro atoms. The summed E-state index contributed by atoms with van der Waals surface area (Å²) in [4.78, 5) is 0. The van der Waals surface area contributed by atoms with Gasteiger partial charge in [0.15, 0.2) is 0 Å². The van der Waals surface area contributed by atoms with Crippen LogP contribution in [0.3, 0.4) is 0 Å². The fourth-order valence-electron chi connectivity index (χ4n) is 1.32. The van der Waals surface area contributed by atoms with Crippen LogP contribution in [0.25, 0.3) is 0 Å². The SMILES string of the molecule is C=C(C)CC/C(C)=C\CCNCC(C)C. The molecule has 0 aromatic heterocycles. The smallest absolute Gasteiger partial charge is 0.00141 e. The third-order valence-corrected chi connectivity index (χ3v) is 2.31. The number of hydrogen-bond donors (Lipinski definition) is 1. The van der Waals surface area contributed by atoms with Crippen LogP contribution < -0.4 is 5.32 Å². The Kier molecular flexibility index (Phi) is 8.40. The summed E-state index contributed by atoms with van der Waals surface area (Å²) in [5.74, 6) is 0.749. The van der Waals surface area contributed by atoms with Gasteiger partial charge in [-0.1, -0.05) is 31.1 Å². The normalized spacial score (nSPS) is 12.2. The van der Waals surface area contributed by atoms with Gasteiger partial charge in [-0.05, 0) is 52.1 Å². The van der Waals surface area contributed by atoms with Gasteiger partial charge in [0, 0.05) is 0 Å². The average molecular weight is 209 g/mol. The second-order valence-electron chi connectivity index (χ2n) is 4.89. The maximum Gasteiger partial charge on any atom is -0.00141 e. The molecule has 0 rings (SSSR count). The summed E-state index contributed by atoms with van der Waals surface area (Å²) in [6.07, 6.45) is 5.78. The molecule has 0 aliphatic rings. The summed E-state index contributed by atoms with van der Waals surface area (Å²) in [7, 11) is 0. The van der Waals surface area contributed by atoms with E-state index in [2.05, 4.69) is 45.7 Å². The number of hydrogen-bond acceptors (Lipinski definition) is 1. The molecule has 0 aromatic rings. The summed E-state index contributed by atoms with van der Waals surface area (Å²) < 4.78 is 0. The van der Waals surface area contributed by atoms with E-state index in [9.17, 15) is 0 Å². The van der Waals surface area contributed by atoms with E-state index in [1.54, 1.807) is 0 Å². The lowest BCUT2D eigenvalue weighted by Gasteiger charge is -2.06. The van der Waals surface area contributed by atoms with Crippen LogP contribution >= 0.6 is 0 Å². The van der Waals surface area contributed by atoms with Gasteiger partial charge < -0.3 is 5.32 Å². The van der Waals surface area contributed by atoms with E-state index < -0.39 is 0 Å². The van der Waals surface area contributed by atoms with Gasteiger partial charge in [-0.25, -0.2) is 0 Å². The van der Waals surface area contributed by atoms with E-state index >= 15 is 0 Å². The molecule has 0 aliphatic carbocycles. The van der Waals surface area contributed by atoms with E-state index in [0.29, 0.717) is 0 Å². The van der Waals surface area contributed by atoms with Crippen LogP contribution in [0.4, 0.5) is 0 Å². The Balaban J connectivity index is 3.45. The third-order valence-electron chi connectivity index (χ3n) is 2.31. The molecule has 0 saturated heterocycles. The Hall–Kier alpha value is -0.560. The zero-order chi connectivity index (χ0) is 11.7. The van der Waals surface area contributed by atoms with Gasteiger partial charge in [0.25, 0.3) is 0 Å². The topological polar surface area (TPSA) is 12.0 Å². The minimum atomic E-state index is 0.749. The standard InChI is InChI=1S/C14H27N/c1-12(2)8-9-14(5)7-6-10-15-11-13(3)4/h7,13,15H,1,6,8-11H2,2-5H3/b14-7-. The monoisotopic (exact) mass is 209 g/mol. The van der Waals surface area contributed by atoms with Crippen molar-refractivity contribution in [3.05, 3.63) is 23.8 Å². The van der Waals surface area contributed by atoms with Gasteiger partial charge >= 0.3 is 0 Å². The van der Waals surface area contributed by atoms with Crippen molar-refractivity contribution in [3.8, 4) is 0 Å². The number of allylic oxidation sites excluding steroid dienone is 2. The first kappa shape index (κ1) is 14.4. The van der Waals surface area contributed by atoms with Crippen LogP contribution in [0, 0.1) is 5.92 Å². The lowest BCUT2D eigenvalue weighted by Crippen LogP contribution is -2.20. The zero-order valence-electron chi connectivity index (χ0n) is 10.9. The van der Waals surface area contributed by atoms with E-state index in [1.165, 1.54) is 17.6 Å². The van der Waals surface area contributed by atoms with Crippen LogP contribution in [-0.2, 0) is 0 Å². The molecule has 1 nitrogen and oxygen atoms in total. The van der Waals surface area contributed by atoms with E-state index in [1.807, 2.05) is 0 Å². The van der Waals surface area contributed by atoms with Crippen molar-refractivity contribution < 1.29 is 0 Å². The van der Waals surface area contributed by atoms with Crippen molar-refractivity contribution in [3.63, 3.8) is 0 Å². The van der Waals surface area contributed by atoms with E-state index in [0.717, 1.165) is 31.8 Å². The van der Waals surface area contributed by atoms with Crippen molar-refractivity contribution in [1.29, 1.82) is 0 Å². The molecule has 0 amide bonds. The number of rotatable bonds is 8. The Labute approximate surface area is 95.7 Å². The van der Waals surface area contributed by atoms with Gasteiger partial charge in [-0.3, -0.25) is 0 Å². The molecule has 0 atom stereocenters. The molecule has 1 heteroatoms. The Morgan fingerprint density at radius 3 is 2.47 bits per heavy atom. The Morgan fingerprint density at radius 2 is 1.93 bits per heavy atom. The van der Waals surface area contributed by atoms with Gasteiger partial charge in [-0.2, -0.15) is 0 Å². The quantitative estimate of drug-likeness (QED) is 0.472. The molecular weight excluding hydrogens is 182 g/mol. The highest BCUT2D eigenvalue weighted by Gasteiger charge is 1.93. The van der Waals surface area contributed by atoms with Crippen molar-refractivity contribution in [2.45, 2.75) is 47.0 Å². The second-order valence-corrected chi connectivity index (χ2v) is 4.89. The highest BCUT2D eigenvalue weighted by atomic mass is 14.8. The number of nitrogens with one attached hydrogen (secondary N) is 1. The Morgan fingerprint density at radius 1 is 1.27 bits per heavy atom. The van der Waals surface area contributed by atoms with E-state index in [4.69, 9.17) is 0 Å². The molecule has 0 radical (unpaired) electrons. The van der Waals surface area contributed by atoms with Gasteiger partial charge in [0.05, 0.1) is 0 Å². The van der Waals surface area contributed by atoms with E-state index in [-0.39, 0.29) is 0 Å². The van der Waals surface area contributed by atoms with Crippen molar-refractivity contribution in [2.24, 2.45) is 5.92 Å². The van der Waals surface area contributed by atoms with Crippen molar-refractivity contribution in [2.75, 3.05) is 13.1 Å². The molecule has 0 fully saturated rings. The predicted octanol–water partition coefficient (Wildman–Crippen LogP) is 3.92. The molecule has 0 unspecified atom stereocenters. The van der Waals surface area contributed by atoms with Gasteiger partial charge in [0.1, 0.15) is 0 Å². The van der Waals surface area contributed by atoms with Crippen molar-refractivity contribution in [1.82, 2.24) is 5.32 Å². The average Bonchev–Trinajstić information content (AvgIpc) is 2.13. The first-order valence-electron chi connectivity index (χ1n) is 6.03. The fourth-order valence-corrected chi connectivity index (χ4v) is 1.32. The molecule has 15 heavy (non-hydrogen) atoms. The summed E-state index contributed by atoms with van der Waals surface area (Å²) in [5, 5.41) is 3.44. The maximum absolute atomic E-state index is 3.92. The van der Waals surface area contributed by atoms with Crippen LogP contribution in [0.2, 0.25) is 0 Å². The lowest BCUT2D eigenvalue weighted by atomic mass is 10.1. The van der Waals surface area contributed by atoms with Crippen LogP contribution in [0.5, 0.6) is 0 Å². The largest absolute Gasteiger partial charge is 0.316 e. The Bertz CT molecular complexity index is 201. The summed E-state index contributed by atoms with van der Waals surface area (Å²) >= 11 is 0. The minimum absolute atomic E-state index is 0.749. The highest BCUT2D eigenvalue weighted by Crippen LogP contribution is 2.09. The van der Waals surface area contributed by atoms with Crippen molar-refractivity contribution >= 4 is 0 Å². The molecule has 0 bridgehead atoms. The molecule has 0 saturated carbocycles. The molecule has 88 valence electrons. The minimum Gasteiger partial charge on any atom is -0.316 e. The molecule has 0 aromatic carbocycles. The lowest BCUT2D eigenvalue weighted by molar-refractivity contribution is 0.556. The molecular formula is C14H27N. The summed E-state index contributed by atoms with van der Waals surface area (Å²) in [6.45, 7) is 14.9. The first-order chi connectivity index (χ1) is 7.02. The van der Waals surface area contributed by atoms with Gasteiger partial charge in [0.2, 0.25) is 0 Å². The van der Waals surface area contributed by atoms with Gasteiger partial charge in [-0.15, -0.1) is 6.58 Å². The molecule has 1 N–H and O–H groups in total. The fraction of sp³-hybridized carbons (Fsp3) is 0.714.